The topological polar surface area (TPSA) is 0 Å². The van der Waals surface area contributed by atoms with Gasteiger partial charge in [0, 0.05) is 4.83 Å². The summed E-state index contributed by atoms with van der Waals surface area (Å²) in [6.07, 6.45) is 1.30. The molecule has 1 fully saturated rings. The lowest BCUT2D eigenvalue weighted by Gasteiger charge is -2.07. The molecule has 0 amide bonds. The quantitative estimate of drug-likeness (QED) is 0.330. The molecule has 0 aromatic heterocycles. The van der Waals surface area contributed by atoms with Gasteiger partial charge >= 0.3 is 0 Å². The fourth-order valence-corrected chi connectivity index (χ4v) is 7.65. The summed E-state index contributed by atoms with van der Waals surface area (Å²) >= 11 is 9.74. The predicted molar refractivity (Wildman–Crippen MR) is 44.4 cm³/mol. The third-order valence-corrected chi connectivity index (χ3v) is 6.71. The van der Waals surface area contributed by atoms with Crippen LogP contribution >= 0.6 is 27.0 Å². The van der Waals surface area contributed by atoms with E-state index in [1.165, 1.54) is 18.5 Å². The van der Waals surface area contributed by atoms with Gasteiger partial charge in [-0.2, -0.15) is 11.1 Å². The molecule has 8 heavy (non-hydrogen) atoms. The van der Waals surface area contributed by atoms with Crippen molar-refractivity contribution in [2.75, 3.05) is 0 Å². The second-order valence-electron chi connectivity index (χ2n) is 2.75. The molecule has 48 valence electrons. The van der Waals surface area contributed by atoms with Crippen LogP contribution in [0.4, 0.5) is 0 Å². The molecule has 3 heteroatoms. The second kappa shape index (κ2) is 2.31. The van der Waals surface area contributed by atoms with E-state index < -0.39 is 7.38 Å². The van der Waals surface area contributed by atoms with Crippen molar-refractivity contribution in [1.82, 2.24) is 0 Å². The molecule has 0 aromatic rings. The fourth-order valence-electron chi connectivity index (χ4n) is 1.12. The molecule has 1 aliphatic rings. The Hall–Kier alpha value is 0.987. The van der Waals surface area contributed by atoms with Gasteiger partial charge in [0.15, 0.2) is 7.38 Å². The van der Waals surface area contributed by atoms with Gasteiger partial charge in [-0.15, -0.1) is 0 Å². The highest BCUT2D eigenvalue weighted by atomic mass is 79.9. The molecule has 2 unspecified atom stereocenters. The van der Waals surface area contributed by atoms with Gasteiger partial charge in [0.2, 0.25) is 0 Å². The molecule has 2 atom stereocenters. The van der Waals surface area contributed by atoms with Crippen LogP contribution in [0.5, 0.6) is 0 Å². The van der Waals surface area contributed by atoms with Gasteiger partial charge in [-0.1, -0.05) is 22.5 Å². The van der Waals surface area contributed by atoms with E-state index in [0.717, 1.165) is 4.83 Å². The van der Waals surface area contributed by atoms with Crippen LogP contribution in [0.25, 0.3) is 0 Å². The Labute approximate surface area is 64.5 Å². The molecule has 0 bridgehead atoms. The SMILES string of the molecule is C[Si]1(Cl)CCC(Br)C1. The van der Waals surface area contributed by atoms with E-state index in [0.29, 0.717) is 0 Å². The fraction of sp³-hybridized carbons (Fsp3) is 1.00. The summed E-state index contributed by atoms with van der Waals surface area (Å²) in [5.41, 5.74) is 0. The van der Waals surface area contributed by atoms with E-state index >= 15 is 0 Å². The molecule has 1 saturated heterocycles. The van der Waals surface area contributed by atoms with E-state index in [-0.39, 0.29) is 0 Å². The van der Waals surface area contributed by atoms with E-state index in [9.17, 15) is 0 Å². The monoisotopic (exact) mass is 212 g/mol. The molecule has 0 aliphatic carbocycles. The zero-order valence-electron chi connectivity index (χ0n) is 4.95. The lowest BCUT2D eigenvalue weighted by atomic mass is 10.4. The first kappa shape index (κ1) is 7.10. The minimum absolute atomic E-state index is 0.733. The zero-order chi connectivity index (χ0) is 6.20. The lowest BCUT2D eigenvalue weighted by Crippen LogP contribution is -2.15. The third kappa shape index (κ3) is 1.74. The lowest BCUT2D eigenvalue weighted by molar-refractivity contribution is 0.972. The first-order valence-electron chi connectivity index (χ1n) is 2.93. The van der Waals surface area contributed by atoms with Crippen LogP contribution in [0.3, 0.4) is 0 Å². The Balaban J connectivity index is 2.44. The standard InChI is InChI=1S/C5H10BrClSi/c1-8(7)3-2-5(6)4-8/h5H,2-4H2,1H3. The van der Waals surface area contributed by atoms with E-state index in [1.807, 2.05) is 0 Å². The molecule has 0 radical (unpaired) electrons. The number of hydrogen-bond acceptors (Lipinski definition) is 0. The van der Waals surface area contributed by atoms with Gasteiger partial charge < -0.3 is 0 Å². The van der Waals surface area contributed by atoms with E-state index in [1.54, 1.807) is 0 Å². The van der Waals surface area contributed by atoms with Crippen molar-refractivity contribution < 1.29 is 0 Å². The Morgan fingerprint density at radius 3 is 2.50 bits per heavy atom. The Bertz CT molecular complexity index is 94.4. The zero-order valence-corrected chi connectivity index (χ0v) is 8.30. The molecule has 1 heterocycles. The summed E-state index contributed by atoms with van der Waals surface area (Å²) in [6, 6.07) is 2.55. The van der Waals surface area contributed by atoms with Gasteiger partial charge in [0.25, 0.3) is 0 Å². The van der Waals surface area contributed by atoms with Crippen molar-refractivity contribution in [1.29, 1.82) is 0 Å². The van der Waals surface area contributed by atoms with Gasteiger partial charge in [0.1, 0.15) is 0 Å². The molecule has 0 saturated carbocycles. The van der Waals surface area contributed by atoms with Crippen molar-refractivity contribution in [3.63, 3.8) is 0 Å². The Morgan fingerprint density at radius 2 is 2.38 bits per heavy atom. The summed E-state index contributed by atoms with van der Waals surface area (Å²) in [5.74, 6) is 0. The average molecular weight is 214 g/mol. The van der Waals surface area contributed by atoms with Crippen molar-refractivity contribution >= 4 is 34.4 Å². The minimum atomic E-state index is -1.18. The number of alkyl halides is 1. The Morgan fingerprint density at radius 1 is 1.75 bits per heavy atom. The van der Waals surface area contributed by atoms with Crippen molar-refractivity contribution in [3.05, 3.63) is 0 Å². The first-order valence-corrected chi connectivity index (χ1v) is 7.77. The minimum Gasteiger partial charge on any atom is -0.167 e. The van der Waals surface area contributed by atoms with Crippen molar-refractivity contribution in [2.45, 2.75) is 29.9 Å². The first-order chi connectivity index (χ1) is 3.60. The largest absolute Gasteiger partial charge is 0.167 e. The molecule has 0 spiro atoms. The molecule has 0 aromatic carbocycles. The maximum absolute atomic E-state index is 6.17. The number of hydrogen-bond donors (Lipinski definition) is 0. The van der Waals surface area contributed by atoms with Crippen LogP contribution < -0.4 is 0 Å². The number of rotatable bonds is 0. The normalized spacial score (nSPS) is 47.6. The van der Waals surface area contributed by atoms with Gasteiger partial charge in [0.05, 0.1) is 0 Å². The smallest absolute Gasteiger partial charge is 0.154 e. The Kier molecular flexibility index (Phi) is 2.05. The van der Waals surface area contributed by atoms with Crippen LogP contribution in [-0.4, -0.2) is 12.2 Å². The van der Waals surface area contributed by atoms with Crippen molar-refractivity contribution in [3.8, 4) is 0 Å². The third-order valence-electron chi connectivity index (χ3n) is 1.63. The van der Waals surface area contributed by atoms with Gasteiger partial charge in [-0.25, -0.2) is 0 Å². The second-order valence-corrected chi connectivity index (χ2v) is 10.5. The van der Waals surface area contributed by atoms with Crippen LogP contribution in [0, 0.1) is 0 Å². The summed E-state index contributed by atoms with van der Waals surface area (Å²) in [4.78, 5) is 0.733. The van der Waals surface area contributed by atoms with Crippen LogP contribution in [0.15, 0.2) is 0 Å². The van der Waals surface area contributed by atoms with Crippen LogP contribution in [0.1, 0.15) is 6.42 Å². The highest BCUT2D eigenvalue weighted by molar-refractivity contribution is 9.09. The average Bonchev–Trinajstić information content (AvgIpc) is 1.82. The van der Waals surface area contributed by atoms with Gasteiger partial charge in [-0.3, -0.25) is 0 Å². The summed E-state index contributed by atoms with van der Waals surface area (Å²) in [7, 11) is -1.18. The molecule has 0 nitrogen and oxygen atoms in total. The molecular formula is C5H10BrClSi. The van der Waals surface area contributed by atoms with Gasteiger partial charge in [-0.05, 0) is 18.5 Å². The maximum atomic E-state index is 6.17. The highest BCUT2D eigenvalue weighted by Gasteiger charge is 2.33. The molecule has 0 N–H and O–H groups in total. The molecular weight excluding hydrogens is 203 g/mol. The molecule has 1 rings (SSSR count). The highest BCUT2D eigenvalue weighted by Crippen LogP contribution is 2.36. The predicted octanol–water partition coefficient (Wildman–Crippen LogP) is 2.97. The van der Waals surface area contributed by atoms with Crippen LogP contribution in [0.2, 0.25) is 18.6 Å². The van der Waals surface area contributed by atoms with Crippen LogP contribution in [-0.2, 0) is 0 Å². The maximum Gasteiger partial charge on any atom is 0.154 e. The van der Waals surface area contributed by atoms with E-state index in [2.05, 4.69) is 22.5 Å². The summed E-state index contributed by atoms with van der Waals surface area (Å²) in [6.45, 7) is 2.25. The summed E-state index contributed by atoms with van der Waals surface area (Å²) in [5, 5.41) is 0. The van der Waals surface area contributed by atoms with Crippen molar-refractivity contribution in [2.24, 2.45) is 0 Å². The summed E-state index contributed by atoms with van der Waals surface area (Å²) < 4.78 is 0. The number of halogens is 2. The van der Waals surface area contributed by atoms with E-state index in [4.69, 9.17) is 11.1 Å². The molecule has 1 aliphatic heterocycles.